The van der Waals surface area contributed by atoms with Crippen LogP contribution in [0.4, 0.5) is 26.3 Å². The molecule has 4 rings (SSSR count). The average molecular weight is 446 g/mol. The van der Waals surface area contributed by atoms with Gasteiger partial charge in [-0.1, -0.05) is 49.4 Å². The molecule has 0 N–H and O–H groups in total. The molecule has 0 spiro atoms. The number of fused-ring (bicyclic) bond motifs is 1. The molecule has 4 aromatic rings. The van der Waals surface area contributed by atoms with Crippen molar-refractivity contribution in [3.05, 3.63) is 89.5 Å². The Morgan fingerprint density at radius 3 is 2.00 bits per heavy atom. The Morgan fingerprint density at radius 2 is 1.38 bits per heavy atom. The average Bonchev–Trinajstić information content (AvgIpc) is 2.76. The molecule has 0 saturated carbocycles. The number of hydrogen-bond donors (Lipinski definition) is 0. The highest BCUT2D eigenvalue weighted by Crippen LogP contribution is 2.35. The van der Waals surface area contributed by atoms with Crippen molar-refractivity contribution in [3.8, 4) is 28.0 Å². The number of hydrogen-bond acceptors (Lipinski definition) is 1. The van der Waals surface area contributed by atoms with Gasteiger partial charge in [0.25, 0.3) is 0 Å². The summed E-state index contributed by atoms with van der Waals surface area (Å²) in [5.41, 5.74) is 1.08. The van der Waals surface area contributed by atoms with E-state index in [0.717, 1.165) is 23.4 Å². The first-order valence-electron chi connectivity index (χ1n) is 9.73. The van der Waals surface area contributed by atoms with E-state index in [2.05, 4.69) is 4.74 Å². The summed E-state index contributed by atoms with van der Waals surface area (Å²) in [4.78, 5) is 0. The van der Waals surface area contributed by atoms with Crippen LogP contribution in [0.5, 0.6) is 5.75 Å². The number of ether oxygens (including phenoxy) is 1. The molecule has 0 unspecified atom stereocenters. The van der Waals surface area contributed by atoms with Gasteiger partial charge in [-0.3, -0.25) is 0 Å². The molecule has 0 radical (unpaired) electrons. The van der Waals surface area contributed by atoms with Gasteiger partial charge in [0.2, 0.25) is 0 Å². The molecule has 0 aliphatic rings. The highest BCUT2D eigenvalue weighted by molar-refractivity contribution is 5.89. The monoisotopic (exact) mass is 446 g/mol. The van der Waals surface area contributed by atoms with E-state index >= 15 is 4.39 Å². The Bertz CT molecular complexity index is 1290. The van der Waals surface area contributed by atoms with Crippen molar-refractivity contribution in [1.29, 1.82) is 0 Å². The minimum atomic E-state index is -3.41. The zero-order valence-corrected chi connectivity index (χ0v) is 16.7. The zero-order chi connectivity index (χ0) is 23.0. The fourth-order valence-electron chi connectivity index (χ4n) is 3.62. The van der Waals surface area contributed by atoms with Crippen LogP contribution >= 0.6 is 0 Å². The third-order valence-electron chi connectivity index (χ3n) is 5.22. The zero-order valence-electron chi connectivity index (χ0n) is 16.7. The molecule has 0 heterocycles. The molecule has 7 heteroatoms. The Hall–Kier alpha value is -3.48. The van der Waals surface area contributed by atoms with E-state index in [1.165, 1.54) is 12.1 Å². The van der Waals surface area contributed by atoms with Gasteiger partial charge in [0.05, 0.1) is 0 Å². The number of rotatable bonds is 5. The lowest BCUT2D eigenvalue weighted by Gasteiger charge is -2.12. The van der Waals surface area contributed by atoms with Crippen molar-refractivity contribution in [1.82, 2.24) is 0 Å². The van der Waals surface area contributed by atoms with Gasteiger partial charge < -0.3 is 4.74 Å². The molecular weight excluding hydrogens is 430 g/mol. The predicted octanol–water partition coefficient (Wildman–Crippen LogP) is 7.89. The molecule has 0 amide bonds. The van der Waals surface area contributed by atoms with E-state index in [-0.39, 0.29) is 22.3 Å². The van der Waals surface area contributed by atoms with Gasteiger partial charge in [-0.15, -0.1) is 0 Å². The summed E-state index contributed by atoms with van der Waals surface area (Å²) in [6.07, 6.45) is 0.808. The van der Waals surface area contributed by atoms with Crippen LogP contribution in [0.2, 0.25) is 0 Å². The van der Waals surface area contributed by atoms with Crippen molar-refractivity contribution in [2.24, 2.45) is 0 Å². The molecule has 0 aliphatic carbocycles. The summed E-state index contributed by atoms with van der Waals surface area (Å²) in [5.74, 6) is -5.40. The maximum atomic E-state index is 15.1. The summed E-state index contributed by atoms with van der Waals surface area (Å²) in [6, 6.07) is 13.8. The minimum absolute atomic E-state index is 0.172. The smallest absolute Gasteiger partial charge is 0.387 e. The molecule has 0 aliphatic heterocycles. The minimum Gasteiger partial charge on any atom is -0.429 e. The van der Waals surface area contributed by atoms with Crippen LogP contribution < -0.4 is 4.74 Å². The lowest BCUT2D eigenvalue weighted by molar-refractivity contribution is -0.0546. The van der Waals surface area contributed by atoms with Gasteiger partial charge >= 0.3 is 6.61 Å². The Morgan fingerprint density at radius 1 is 0.719 bits per heavy atom. The fraction of sp³-hybridized carbons (Fsp3) is 0.120. The SMILES string of the molecule is CCc1ccc2c(F)c(-c3ccc(-c4cc(F)c(OC(F)F)c(F)c4)c(F)c3)ccc2c1. The summed E-state index contributed by atoms with van der Waals surface area (Å²) in [5, 5.41) is 1.11. The second-order valence-electron chi connectivity index (χ2n) is 7.18. The molecule has 0 saturated heterocycles. The molecule has 164 valence electrons. The lowest BCUT2D eigenvalue weighted by Crippen LogP contribution is -2.06. The normalized spacial score (nSPS) is 11.4. The van der Waals surface area contributed by atoms with Crippen LogP contribution in [0, 0.1) is 23.3 Å². The summed E-state index contributed by atoms with van der Waals surface area (Å²) in [7, 11) is 0. The van der Waals surface area contributed by atoms with E-state index in [4.69, 9.17) is 0 Å². The third-order valence-corrected chi connectivity index (χ3v) is 5.22. The van der Waals surface area contributed by atoms with Crippen molar-refractivity contribution in [2.75, 3.05) is 0 Å². The second-order valence-corrected chi connectivity index (χ2v) is 7.18. The van der Waals surface area contributed by atoms with Crippen molar-refractivity contribution in [3.63, 3.8) is 0 Å². The van der Waals surface area contributed by atoms with Gasteiger partial charge in [0, 0.05) is 16.5 Å². The predicted molar refractivity (Wildman–Crippen MR) is 111 cm³/mol. The van der Waals surface area contributed by atoms with Crippen LogP contribution in [-0.2, 0) is 6.42 Å². The van der Waals surface area contributed by atoms with Gasteiger partial charge in [0.1, 0.15) is 11.6 Å². The Kier molecular flexibility index (Phi) is 5.82. The molecule has 0 fully saturated rings. The van der Waals surface area contributed by atoms with Gasteiger partial charge in [-0.2, -0.15) is 8.78 Å². The van der Waals surface area contributed by atoms with Crippen molar-refractivity contribution >= 4 is 10.8 Å². The van der Waals surface area contributed by atoms with E-state index < -0.39 is 35.6 Å². The fourth-order valence-corrected chi connectivity index (χ4v) is 3.62. The Labute approximate surface area is 179 Å². The first kappa shape index (κ1) is 21.7. The topological polar surface area (TPSA) is 9.23 Å². The van der Waals surface area contributed by atoms with Crippen molar-refractivity contribution < 1.29 is 31.1 Å². The van der Waals surface area contributed by atoms with E-state index in [0.29, 0.717) is 17.5 Å². The number of halogens is 6. The summed E-state index contributed by atoms with van der Waals surface area (Å²) in [6.45, 7) is -1.42. The molecule has 0 bridgehead atoms. The maximum Gasteiger partial charge on any atom is 0.387 e. The first-order chi connectivity index (χ1) is 15.3. The highest BCUT2D eigenvalue weighted by atomic mass is 19.3. The molecule has 0 atom stereocenters. The van der Waals surface area contributed by atoms with E-state index in [9.17, 15) is 22.0 Å². The summed E-state index contributed by atoms with van der Waals surface area (Å²) < 4.78 is 86.4. The standard InChI is InChI=1S/C25H16F6O/c1-2-13-3-6-18-14(9-13)5-8-19(23(18)29)15-4-7-17(20(26)10-15)16-11-21(27)24(22(28)12-16)32-25(30)31/h3-12,25H,2H2,1H3. The lowest BCUT2D eigenvalue weighted by atomic mass is 9.96. The quantitative estimate of drug-likeness (QED) is 0.283. The van der Waals surface area contributed by atoms with E-state index in [1.807, 2.05) is 19.1 Å². The molecule has 32 heavy (non-hydrogen) atoms. The number of benzene rings is 4. The largest absolute Gasteiger partial charge is 0.429 e. The van der Waals surface area contributed by atoms with E-state index in [1.54, 1.807) is 18.2 Å². The molecular formula is C25H16F6O. The molecule has 4 aromatic carbocycles. The van der Waals surface area contributed by atoms with Crippen LogP contribution in [-0.4, -0.2) is 6.61 Å². The third kappa shape index (κ3) is 4.02. The van der Waals surface area contributed by atoms with Crippen LogP contribution in [0.15, 0.2) is 60.7 Å². The number of alkyl halides is 2. The van der Waals surface area contributed by atoms with Crippen LogP contribution in [0.1, 0.15) is 12.5 Å². The molecule has 1 nitrogen and oxygen atoms in total. The van der Waals surface area contributed by atoms with Crippen LogP contribution in [0.25, 0.3) is 33.0 Å². The van der Waals surface area contributed by atoms with Gasteiger partial charge in [-0.25, -0.2) is 17.6 Å². The second kappa shape index (κ2) is 8.57. The Balaban J connectivity index is 1.74. The highest BCUT2D eigenvalue weighted by Gasteiger charge is 2.19. The van der Waals surface area contributed by atoms with Crippen LogP contribution in [0.3, 0.4) is 0 Å². The number of aryl methyl sites for hydroxylation is 1. The first-order valence-corrected chi connectivity index (χ1v) is 9.73. The molecule has 0 aromatic heterocycles. The van der Waals surface area contributed by atoms with Gasteiger partial charge in [-0.05, 0) is 46.7 Å². The summed E-state index contributed by atoms with van der Waals surface area (Å²) >= 11 is 0. The maximum absolute atomic E-state index is 15.1. The van der Waals surface area contributed by atoms with Crippen molar-refractivity contribution in [2.45, 2.75) is 20.0 Å². The van der Waals surface area contributed by atoms with Gasteiger partial charge in [0.15, 0.2) is 17.4 Å².